The van der Waals surface area contributed by atoms with E-state index in [2.05, 4.69) is 4.84 Å². The number of ketones is 1. The molecule has 52 valence electrons. The molecule has 0 spiro atoms. The molecule has 5 heteroatoms. The SMILES string of the molecule is CCC(=O)CO[N+](=O)[O-]. The van der Waals surface area contributed by atoms with Gasteiger partial charge in [0.05, 0.1) is 0 Å². The van der Waals surface area contributed by atoms with Crippen molar-refractivity contribution < 1.29 is 14.7 Å². The fraction of sp³-hybridized carbons (Fsp3) is 0.750. The van der Waals surface area contributed by atoms with Crippen LogP contribution in [0.25, 0.3) is 0 Å². The van der Waals surface area contributed by atoms with Crippen LogP contribution in [0.4, 0.5) is 0 Å². The smallest absolute Gasteiger partial charge is 0.294 e. The molecule has 0 amide bonds. The molecule has 0 aromatic carbocycles. The summed E-state index contributed by atoms with van der Waals surface area (Å²) in [5.74, 6) is -0.272. The molecule has 0 aliphatic rings. The Morgan fingerprint density at radius 1 is 1.78 bits per heavy atom. The number of rotatable bonds is 4. The van der Waals surface area contributed by atoms with E-state index < -0.39 is 11.7 Å². The molecule has 0 radical (unpaired) electrons. The van der Waals surface area contributed by atoms with Crippen molar-refractivity contribution >= 4 is 5.78 Å². The van der Waals surface area contributed by atoms with Gasteiger partial charge in [0.1, 0.15) is 0 Å². The van der Waals surface area contributed by atoms with Crippen LogP contribution in [0.5, 0.6) is 0 Å². The molecule has 0 aliphatic carbocycles. The Morgan fingerprint density at radius 3 is 2.67 bits per heavy atom. The molecule has 0 atom stereocenters. The van der Waals surface area contributed by atoms with Crippen molar-refractivity contribution in [3.63, 3.8) is 0 Å². The van der Waals surface area contributed by atoms with Gasteiger partial charge in [-0.1, -0.05) is 6.92 Å². The van der Waals surface area contributed by atoms with Gasteiger partial charge in [0.2, 0.25) is 0 Å². The Kier molecular flexibility index (Phi) is 3.34. The van der Waals surface area contributed by atoms with Gasteiger partial charge in [-0.3, -0.25) is 4.79 Å². The molecule has 0 aromatic heterocycles. The van der Waals surface area contributed by atoms with Crippen LogP contribution in [0.15, 0.2) is 0 Å². The quantitative estimate of drug-likeness (QED) is 0.405. The number of nitrogens with zero attached hydrogens (tertiary/aromatic N) is 1. The summed E-state index contributed by atoms with van der Waals surface area (Å²) in [5.41, 5.74) is 0. The Balaban J connectivity index is 3.28. The lowest BCUT2D eigenvalue weighted by atomic mass is 10.3. The molecule has 0 fully saturated rings. The maximum Gasteiger partial charge on any atom is 0.294 e. The van der Waals surface area contributed by atoms with E-state index >= 15 is 0 Å². The average molecular weight is 133 g/mol. The molecule has 0 N–H and O–H groups in total. The van der Waals surface area contributed by atoms with Gasteiger partial charge in [-0.25, -0.2) is 0 Å². The second-order valence-electron chi connectivity index (χ2n) is 1.39. The first kappa shape index (κ1) is 7.87. The molecular formula is C4H7NO4. The third kappa shape index (κ3) is 4.73. The number of hydrogen-bond donors (Lipinski definition) is 0. The first-order valence-corrected chi connectivity index (χ1v) is 2.45. The third-order valence-electron chi connectivity index (χ3n) is 0.725. The van der Waals surface area contributed by atoms with Gasteiger partial charge in [0.25, 0.3) is 5.09 Å². The van der Waals surface area contributed by atoms with E-state index in [4.69, 9.17) is 0 Å². The summed E-state index contributed by atoms with van der Waals surface area (Å²) >= 11 is 0. The van der Waals surface area contributed by atoms with Gasteiger partial charge >= 0.3 is 0 Å². The van der Waals surface area contributed by atoms with Crippen molar-refractivity contribution in [2.24, 2.45) is 0 Å². The molecule has 0 aliphatic heterocycles. The summed E-state index contributed by atoms with van der Waals surface area (Å²) in [4.78, 5) is 23.5. The summed E-state index contributed by atoms with van der Waals surface area (Å²) in [7, 11) is 0. The predicted octanol–water partition coefficient (Wildman–Crippen LogP) is 0.174. The molecule has 0 bridgehead atoms. The van der Waals surface area contributed by atoms with Crippen LogP contribution in [-0.4, -0.2) is 17.5 Å². The van der Waals surface area contributed by atoms with Gasteiger partial charge in [-0.2, -0.15) is 0 Å². The first-order valence-electron chi connectivity index (χ1n) is 2.45. The van der Waals surface area contributed by atoms with E-state index in [1.165, 1.54) is 0 Å². The van der Waals surface area contributed by atoms with E-state index in [9.17, 15) is 14.9 Å². The Morgan fingerprint density at radius 2 is 2.33 bits per heavy atom. The van der Waals surface area contributed by atoms with E-state index in [0.717, 1.165) is 0 Å². The van der Waals surface area contributed by atoms with E-state index in [1.807, 2.05) is 0 Å². The predicted molar refractivity (Wildman–Crippen MR) is 28.2 cm³/mol. The summed E-state index contributed by atoms with van der Waals surface area (Å²) in [6.07, 6.45) is 0.272. The fourth-order valence-corrected chi connectivity index (χ4v) is 0.227. The normalized spacial score (nSPS) is 8.56. The van der Waals surface area contributed by atoms with Crippen LogP contribution in [0, 0.1) is 10.1 Å². The van der Waals surface area contributed by atoms with Crippen molar-refractivity contribution in [1.29, 1.82) is 0 Å². The first-order chi connectivity index (χ1) is 4.16. The minimum atomic E-state index is -0.979. The number of hydrogen-bond acceptors (Lipinski definition) is 4. The lowest BCUT2D eigenvalue weighted by Crippen LogP contribution is -2.10. The Bertz CT molecular complexity index is 122. The van der Waals surface area contributed by atoms with Crippen LogP contribution in [-0.2, 0) is 9.63 Å². The Labute approximate surface area is 51.7 Å². The number of carbonyl (C=O) groups is 1. The zero-order valence-corrected chi connectivity index (χ0v) is 4.99. The highest BCUT2D eigenvalue weighted by molar-refractivity contribution is 5.79. The monoisotopic (exact) mass is 133 g/mol. The lowest BCUT2D eigenvalue weighted by molar-refractivity contribution is -0.754. The summed E-state index contributed by atoms with van der Waals surface area (Å²) in [5, 5.41) is 8.47. The molecular weight excluding hydrogens is 126 g/mol. The molecule has 0 unspecified atom stereocenters. The minimum Gasteiger partial charge on any atom is -0.306 e. The second kappa shape index (κ2) is 3.82. The minimum absolute atomic E-state index is 0.272. The molecule has 0 rings (SSSR count). The van der Waals surface area contributed by atoms with E-state index in [1.54, 1.807) is 6.92 Å². The maximum absolute atomic E-state index is 10.3. The zero-order valence-electron chi connectivity index (χ0n) is 4.99. The Hall–Kier alpha value is -1.13. The maximum atomic E-state index is 10.3. The molecule has 9 heavy (non-hydrogen) atoms. The number of carbonyl (C=O) groups excluding carboxylic acids is 1. The van der Waals surface area contributed by atoms with Gasteiger partial charge in [0.15, 0.2) is 12.4 Å². The average Bonchev–Trinajstić information content (AvgIpc) is 1.83. The highest BCUT2D eigenvalue weighted by Crippen LogP contribution is 1.82. The molecule has 0 saturated carbocycles. The van der Waals surface area contributed by atoms with Crippen molar-refractivity contribution in [3.05, 3.63) is 10.1 Å². The standard InChI is InChI=1S/C4H7NO4/c1-2-4(6)3-9-5(7)8/h2-3H2,1H3. The van der Waals surface area contributed by atoms with Crippen molar-refractivity contribution in [1.82, 2.24) is 0 Å². The fourth-order valence-electron chi connectivity index (χ4n) is 0.227. The topological polar surface area (TPSA) is 69.4 Å². The van der Waals surface area contributed by atoms with Crippen molar-refractivity contribution in [3.8, 4) is 0 Å². The van der Waals surface area contributed by atoms with Gasteiger partial charge in [-0.05, 0) is 0 Å². The molecule has 0 aromatic rings. The lowest BCUT2D eigenvalue weighted by Gasteiger charge is -1.92. The molecule has 0 saturated heterocycles. The van der Waals surface area contributed by atoms with Crippen molar-refractivity contribution in [2.45, 2.75) is 13.3 Å². The van der Waals surface area contributed by atoms with Crippen LogP contribution in [0.3, 0.4) is 0 Å². The molecule has 0 heterocycles. The number of Topliss-reactive ketones (excluding diaryl/α,β-unsaturated/α-hetero) is 1. The van der Waals surface area contributed by atoms with E-state index in [-0.39, 0.29) is 12.2 Å². The van der Waals surface area contributed by atoms with Gasteiger partial charge in [-0.15, -0.1) is 10.1 Å². The van der Waals surface area contributed by atoms with Gasteiger partial charge < -0.3 is 4.84 Å². The van der Waals surface area contributed by atoms with Crippen LogP contribution < -0.4 is 0 Å². The summed E-state index contributed by atoms with van der Waals surface area (Å²) in [6.45, 7) is 1.19. The summed E-state index contributed by atoms with van der Waals surface area (Å²) in [6, 6.07) is 0. The largest absolute Gasteiger partial charge is 0.306 e. The highest BCUT2D eigenvalue weighted by Gasteiger charge is 2.00. The third-order valence-corrected chi connectivity index (χ3v) is 0.725. The zero-order chi connectivity index (χ0) is 7.28. The van der Waals surface area contributed by atoms with E-state index in [0.29, 0.717) is 0 Å². The summed E-state index contributed by atoms with van der Waals surface area (Å²) < 4.78 is 0. The molecule has 5 nitrogen and oxygen atoms in total. The van der Waals surface area contributed by atoms with Crippen molar-refractivity contribution in [2.75, 3.05) is 6.61 Å². The highest BCUT2D eigenvalue weighted by atomic mass is 16.9. The van der Waals surface area contributed by atoms with Gasteiger partial charge in [0, 0.05) is 6.42 Å². The van der Waals surface area contributed by atoms with Crippen LogP contribution in [0.1, 0.15) is 13.3 Å². The second-order valence-corrected chi connectivity index (χ2v) is 1.39. The van der Waals surface area contributed by atoms with Crippen LogP contribution >= 0.6 is 0 Å². The van der Waals surface area contributed by atoms with Crippen LogP contribution in [0.2, 0.25) is 0 Å².